The largest absolute Gasteiger partial charge is 0.310 e. The molecular formula is C8H7N5O. The molecule has 1 N–H and O–H groups in total. The molecule has 1 aromatic heterocycles. The third-order valence-corrected chi connectivity index (χ3v) is 1.56. The highest BCUT2D eigenvalue weighted by atomic mass is 16.1. The summed E-state index contributed by atoms with van der Waals surface area (Å²) in [4.78, 5) is 10.8. The minimum absolute atomic E-state index is 0.0127. The summed E-state index contributed by atoms with van der Waals surface area (Å²) in [5, 5.41) is 23.6. The van der Waals surface area contributed by atoms with Crippen LogP contribution in [0.1, 0.15) is 18.2 Å². The molecule has 0 aliphatic rings. The number of carbonyl (C=O) groups excluding carboxylic acids is 1. The topological polar surface area (TPSA) is 94.5 Å². The molecule has 0 unspecified atom stereocenters. The van der Waals surface area contributed by atoms with Crippen molar-refractivity contribution in [1.29, 1.82) is 10.5 Å². The van der Waals surface area contributed by atoms with Gasteiger partial charge in [-0.3, -0.25) is 4.79 Å². The van der Waals surface area contributed by atoms with Crippen molar-refractivity contribution in [3.63, 3.8) is 0 Å². The van der Waals surface area contributed by atoms with E-state index in [0.29, 0.717) is 0 Å². The number of nitrogens with zero attached hydrogens (tertiary/aromatic N) is 4. The van der Waals surface area contributed by atoms with Gasteiger partial charge in [-0.05, 0) is 0 Å². The van der Waals surface area contributed by atoms with Gasteiger partial charge in [0, 0.05) is 14.0 Å². The van der Waals surface area contributed by atoms with E-state index < -0.39 is 0 Å². The molecule has 14 heavy (non-hydrogen) atoms. The molecule has 70 valence electrons. The lowest BCUT2D eigenvalue weighted by Crippen LogP contribution is -2.10. The van der Waals surface area contributed by atoms with E-state index >= 15 is 0 Å². The third-order valence-electron chi connectivity index (χ3n) is 1.56. The predicted octanol–water partition coefficient (Wildman–Crippen LogP) is 0.122. The predicted molar refractivity (Wildman–Crippen MR) is 46.9 cm³/mol. The van der Waals surface area contributed by atoms with Crippen LogP contribution in [0.5, 0.6) is 0 Å². The third kappa shape index (κ3) is 1.54. The van der Waals surface area contributed by atoms with Gasteiger partial charge in [-0.15, -0.1) is 0 Å². The van der Waals surface area contributed by atoms with E-state index in [1.54, 1.807) is 13.1 Å². The Bertz CT molecular complexity index is 459. The van der Waals surface area contributed by atoms with Crippen molar-refractivity contribution in [2.24, 2.45) is 7.05 Å². The van der Waals surface area contributed by atoms with Gasteiger partial charge in [-0.2, -0.15) is 15.6 Å². The van der Waals surface area contributed by atoms with Crippen LogP contribution in [0.25, 0.3) is 0 Å². The first-order chi connectivity index (χ1) is 6.60. The maximum absolute atomic E-state index is 10.8. The highest BCUT2D eigenvalue weighted by molar-refractivity contribution is 5.89. The minimum Gasteiger partial charge on any atom is -0.310 e. The van der Waals surface area contributed by atoms with Crippen LogP contribution in [0.2, 0.25) is 0 Å². The first-order valence-corrected chi connectivity index (χ1v) is 3.75. The summed E-state index contributed by atoms with van der Waals surface area (Å²) >= 11 is 0. The van der Waals surface area contributed by atoms with E-state index in [2.05, 4.69) is 10.4 Å². The van der Waals surface area contributed by atoms with Crippen molar-refractivity contribution in [2.45, 2.75) is 6.92 Å². The summed E-state index contributed by atoms with van der Waals surface area (Å²) in [7, 11) is 1.55. The van der Waals surface area contributed by atoms with Crippen LogP contribution in [0.4, 0.5) is 5.82 Å². The number of nitrogens with one attached hydrogen (secondary N) is 1. The van der Waals surface area contributed by atoms with Gasteiger partial charge in [0.2, 0.25) is 5.91 Å². The molecule has 0 aromatic carbocycles. The molecule has 0 aliphatic carbocycles. The lowest BCUT2D eigenvalue weighted by molar-refractivity contribution is -0.114. The highest BCUT2D eigenvalue weighted by Crippen LogP contribution is 2.16. The molecule has 1 aromatic rings. The molecule has 0 radical (unpaired) electrons. The van der Waals surface area contributed by atoms with Crippen molar-refractivity contribution in [3.8, 4) is 12.1 Å². The Kier molecular flexibility index (Phi) is 2.49. The van der Waals surface area contributed by atoms with Gasteiger partial charge >= 0.3 is 0 Å². The Morgan fingerprint density at radius 1 is 1.50 bits per heavy atom. The molecule has 0 atom stereocenters. The molecule has 6 heteroatoms. The van der Waals surface area contributed by atoms with Gasteiger partial charge in [-0.25, -0.2) is 4.68 Å². The van der Waals surface area contributed by atoms with Gasteiger partial charge in [0.15, 0.2) is 5.69 Å². The fourth-order valence-electron chi connectivity index (χ4n) is 1.02. The second-order valence-electron chi connectivity index (χ2n) is 2.60. The molecule has 0 saturated carbocycles. The summed E-state index contributed by atoms with van der Waals surface area (Å²) in [5.41, 5.74) is 0.101. The number of carbonyl (C=O) groups is 1. The van der Waals surface area contributed by atoms with Gasteiger partial charge in [0.05, 0.1) is 0 Å². The Morgan fingerprint density at radius 2 is 2.14 bits per heavy atom. The Hall–Kier alpha value is -2.34. The first-order valence-electron chi connectivity index (χ1n) is 3.75. The number of hydrogen-bond donors (Lipinski definition) is 1. The quantitative estimate of drug-likeness (QED) is 0.678. The van der Waals surface area contributed by atoms with Crippen LogP contribution in [-0.4, -0.2) is 15.7 Å². The molecule has 0 fully saturated rings. The first kappa shape index (κ1) is 9.75. The number of rotatable bonds is 1. The van der Waals surface area contributed by atoms with Crippen molar-refractivity contribution in [1.82, 2.24) is 9.78 Å². The number of amides is 1. The molecule has 1 heterocycles. The molecule has 1 amide bonds. The van der Waals surface area contributed by atoms with Gasteiger partial charge < -0.3 is 5.32 Å². The Balaban J connectivity index is 3.30. The molecule has 0 spiro atoms. The maximum atomic E-state index is 10.8. The zero-order chi connectivity index (χ0) is 10.7. The minimum atomic E-state index is -0.311. The molecule has 0 bridgehead atoms. The van der Waals surface area contributed by atoms with Crippen molar-refractivity contribution in [2.75, 3.05) is 5.32 Å². The van der Waals surface area contributed by atoms with E-state index in [0.717, 1.165) is 0 Å². The van der Waals surface area contributed by atoms with Crippen molar-refractivity contribution >= 4 is 11.7 Å². The lowest BCUT2D eigenvalue weighted by Gasteiger charge is -2.00. The van der Waals surface area contributed by atoms with E-state index in [1.165, 1.54) is 11.6 Å². The molecule has 6 nitrogen and oxygen atoms in total. The second-order valence-corrected chi connectivity index (χ2v) is 2.60. The number of nitriles is 2. The van der Waals surface area contributed by atoms with Crippen LogP contribution in [0, 0.1) is 22.7 Å². The monoisotopic (exact) mass is 189 g/mol. The number of aromatic nitrogens is 2. The smallest absolute Gasteiger partial charge is 0.222 e. The standard InChI is InChI=1S/C8H7N5O/c1-5(14)11-8-6(3-9)7(4-10)12-13(8)2/h1-2H3,(H,11,14). The van der Waals surface area contributed by atoms with E-state index in [-0.39, 0.29) is 23.0 Å². The van der Waals surface area contributed by atoms with E-state index in [1.807, 2.05) is 6.07 Å². The lowest BCUT2D eigenvalue weighted by atomic mass is 10.2. The zero-order valence-electron chi connectivity index (χ0n) is 7.70. The van der Waals surface area contributed by atoms with Crippen LogP contribution < -0.4 is 5.32 Å². The summed E-state index contributed by atoms with van der Waals surface area (Å²) in [6.45, 7) is 1.32. The van der Waals surface area contributed by atoms with Crippen LogP contribution in [0.15, 0.2) is 0 Å². The van der Waals surface area contributed by atoms with Crippen LogP contribution in [0.3, 0.4) is 0 Å². The van der Waals surface area contributed by atoms with Crippen molar-refractivity contribution in [3.05, 3.63) is 11.3 Å². The number of anilines is 1. The number of hydrogen-bond acceptors (Lipinski definition) is 4. The highest BCUT2D eigenvalue weighted by Gasteiger charge is 2.16. The van der Waals surface area contributed by atoms with E-state index in [4.69, 9.17) is 10.5 Å². The molecule has 0 aliphatic heterocycles. The fraction of sp³-hybridized carbons (Fsp3) is 0.250. The molecule has 0 saturated heterocycles. The van der Waals surface area contributed by atoms with Gasteiger partial charge in [0.1, 0.15) is 23.5 Å². The van der Waals surface area contributed by atoms with Crippen molar-refractivity contribution < 1.29 is 4.79 Å². The second kappa shape index (κ2) is 3.58. The summed E-state index contributed by atoms with van der Waals surface area (Å²) in [6.07, 6.45) is 0. The maximum Gasteiger partial charge on any atom is 0.222 e. The SMILES string of the molecule is CC(=O)Nc1c(C#N)c(C#N)nn1C. The fourth-order valence-corrected chi connectivity index (χ4v) is 1.02. The zero-order valence-corrected chi connectivity index (χ0v) is 7.70. The molecular weight excluding hydrogens is 182 g/mol. The average Bonchev–Trinajstić information content (AvgIpc) is 2.42. The molecule has 1 rings (SSSR count). The Morgan fingerprint density at radius 3 is 2.57 bits per heavy atom. The van der Waals surface area contributed by atoms with E-state index in [9.17, 15) is 4.79 Å². The van der Waals surface area contributed by atoms with Gasteiger partial charge in [0.25, 0.3) is 0 Å². The Labute approximate surface area is 80.4 Å². The average molecular weight is 189 g/mol. The van der Waals surface area contributed by atoms with Gasteiger partial charge in [-0.1, -0.05) is 0 Å². The normalized spacial score (nSPS) is 8.86. The van der Waals surface area contributed by atoms with Crippen LogP contribution >= 0.6 is 0 Å². The summed E-state index contributed by atoms with van der Waals surface area (Å²) < 4.78 is 1.29. The summed E-state index contributed by atoms with van der Waals surface area (Å²) in [5.74, 6) is -0.0643. The number of aryl methyl sites for hydroxylation is 1. The van der Waals surface area contributed by atoms with Crippen LogP contribution in [-0.2, 0) is 11.8 Å². The summed E-state index contributed by atoms with van der Waals surface area (Å²) in [6, 6.07) is 3.60.